The molecule has 0 aliphatic rings. The van der Waals surface area contributed by atoms with Gasteiger partial charge in [0.2, 0.25) is 0 Å². The Balaban J connectivity index is 4.03. The van der Waals surface area contributed by atoms with Gasteiger partial charge in [0, 0.05) is 12.8 Å². The van der Waals surface area contributed by atoms with Crippen molar-refractivity contribution in [2.75, 3.05) is 13.2 Å². The first-order valence-corrected chi connectivity index (χ1v) is 19.2. The van der Waals surface area contributed by atoms with Crippen molar-refractivity contribution in [2.45, 2.75) is 174 Å². The number of unbranched alkanes of at least 4 members (excludes halogenated alkanes) is 18. The molecule has 0 heterocycles. The fraction of sp³-hybridized carbons (Fsp3) is 0.829. The molecule has 0 spiro atoms. The summed E-state index contributed by atoms with van der Waals surface area (Å²) in [4.78, 5) is 42.5. The Morgan fingerprint density at radius 3 is 1.50 bits per heavy atom. The van der Waals surface area contributed by atoms with Crippen LogP contribution in [0, 0.1) is 0 Å². The quantitative estimate of drug-likeness (QED) is 0.0321. The Hall–Kier alpha value is -1.47. The molecule has 2 N–H and O–H groups in total. The molecule has 44 heavy (non-hydrogen) atoms. The first-order chi connectivity index (χ1) is 21.3. The molecule has 0 saturated carbocycles. The van der Waals surface area contributed by atoms with Gasteiger partial charge in [-0.1, -0.05) is 122 Å². The average Bonchev–Trinajstić information content (AvgIpc) is 2.98. The van der Waals surface area contributed by atoms with Gasteiger partial charge >= 0.3 is 19.8 Å². The molecule has 8 nitrogen and oxygen atoms in total. The molecule has 1 atom stereocenters. The van der Waals surface area contributed by atoms with Gasteiger partial charge in [-0.05, 0) is 57.8 Å². The second-order valence-corrected chi connectivity index (χ2v) is 13.1. The summed E-state index contributed by atoms with van der Waals surface area (Å²) in [6.07, 6.45) is 33.3. The second-order valence-electron chi connectivity index (χ2n) is 11.8. The highest BCUT2D eigenvalue weighted by molar-refractivity contribution is 7.46. The van der Waals surface area contributed by atoms with E-state index in [9.17, 15) is 14.2 Å². The highest BCUT2D eigenvalue weighted by atomic mass is 31.2. The van der Waals surface area contributed by atoms with Gasteiger partial charge < -0.3 is 19.3 Å². The van der Waals surface area contributed by atoms with E-state index < -0.39 is 32.5 Å². The summed E-state index contributed by atoms with van der Waals surface area (Å²) < 4.78 is 26.2. The second kappa shape index (κ2) is 31.5. The van der Waals surface area contributed by atoms with Gasteiger partial charge in [0.15, 0.2) is 6.10 Å². The number of hydrogen-bond donors (Lipinski definition) is 2. The van der Waals surface area contributed by atoms with Crippen molar-refractivity contribution in [2.24, 2.45) is 0 Å². The summed E-state index contributed by atoms with van der Waals surface area (Å²) >= 11 is 0. The van der Waals surface area contributed by atoms with Crippen molar-refractivity contribution in [1.29, 1.82) is 0 Å². The molecule has 0 aromatic carbocycles. The van der Waals surface area contributed by atoms with E-state index in [1.54, 1.807) is 0 Å². The minimum atomic E-state index is -4.75. The largest absolute Gasteiger partial charge is 0.469 e. The first kappa shape index (κ1) is 42.5. The molecule has 258 valence electrons. The van der Waals surface area contributed by atoms with Crippen LogP contribution in [-0.2, 0) is 28.2 Å². The van der Waals surface area contributed by atoms with Gasteiger partial charge in [-0.2, -0.15) is 0 Å². The lowest BCUT2D eigenvalue weighted by atomic mass is 10.1. The van der Waals surface area contributed by atoms with Crippen molar-refractivity contribution < 1.29 is 37.9 Å². The van der Waals surface area contributed by atoms with Gasteiger partial charge in [0.05, 0.1) is 6.61 Å². The molecule has 0 amide bonds. The number of phosphoric acid groups is 1. The van der Waals surface area contributed by atoms with Crippen LogP contribution >= 0.6 is 7.82 Å². The lowest BCUT2D eigenvalue weighted by molar-refractivity contribution is -0.161. The highest BCUT2D eigenvalue weighted by Crippen LogP contribution is 2.35. The van der Waals surface area contributed by atoms with E-state index in [1.165, 1.54) is 70.6 Å². The number of hydrogen-bond acceptors (Lipinski definition) is 6. The zero-order valence-electron chi connectivity index (χ0n) is 28.1. The maximum atomic E-state index is 12.3. The molecule has 0 aliphatic carbocycles. The number of esters is 2. The van der Waals surface area contributed by atoms with Crippen LogP contribution < -0.4 is 0 Å². The normalized spacial score (nSPS) is 12.7. The molecule has 0 aromatic rings. The third-order valence-corrected chi connectivity index (χ3v) is 7.93. The van der Waals surface area contributed by atoms with Crippen molar-refractivity contribution in [1.82, 2.24) is 0 Å². The maximum absolute atomic E-state index is 12.3. The van der Waals surface area contributed by atoms with Crippen molar-refractivity contribution in [3.05, 3.63) is 24.3 Å². The molecule has 0 unspecified atom stereocenters. The third-order valence-electron chi connectivity index (χ3n) is 7.44. The number of phosphoric ester groups is 1. The molecule has 0 saturated heterocycles. The van der Waals surface area contributed by atoms with Gasteiger partial charge in [-0.25, -0.2) is 4.57 Å². The van der Waals surface area contributed by atoms with E-state index in [0.717, 1.165) is 57.8 Å². The summed E-state index contributed by atoms with van der Waals surface area (Å²) in [5, 5.41) is 0. The van der Waals surface area contributed by atoms with E-state index in [1.807, 2.05) is 0 Å². The Kier molecular flexibility index (Phi) is 30.5. The maximum Gasteiger partial charge on any atom is 0.469 e. The number of allylic oxidation sites excluding steroid dienone is 4. The molecular weight excluding hydrogens is 579 g/mol. The van der Waals surface area contributed by atoms with E-state index in [2.05, 4.69) is 42.7 Å². The Morgan fingerprint density at radius 2 is 0.977 bits per heavy atom. The Morgan fingerprint density at radius 1 is 0.568 bits per heavy atom. The molecule has 0 fully saturated rings. The van der Waals surface area contributed by atoms with Gasteiger partial charge in [0.1, 0.15) is 6.61 Å². The average molecular weight is 645 g/mol. The van der Waals surface area contributed by atoms with Crippen LogP contribution in [0.15, 0.2) is 24.3 Å². The van der Waals surface area contributed by atoms with E-state index in [4.69, 9.17) is 19.3 Å². The van der Waals surface area contributed by atoms with Crippen LogP contribution in [-0.4, -0.2) is 41.0 Å². The topological polar surface area (TPSA) is 119 Å². The van der Waals surface area contributed by atoms with Crippen LogP contribution in [0.3, 0.4) is 0 Å². The molecule has 0 aliphatic heterocycles. The number of carbonyl (C=O) groups excluding carboxylic acids is 2. The minimum absolute atomic E-state index is 0.182. The Labute approximate surface area is 269 Å². The summed E-state index contributed by atoms with van der Waals surface area (Å²) in [6, 6.07) is 0. The predicted octanol–water partition coefficient (Wildman–Crippen LogP) is 10.1. The smallest absolute Gasteiger partial charge is 0.462 e. The molecular formula is C35H65O8P. The predicted molar refractivity (Wildman–Crippen MR) is 179 cm³/mol. The van der Waals surface area contributed by atoms with Crippen LogP contribution in [0.2, 0.25) is 0 Å². The Bertz CT molecular complexity index is 777. The van der Waals surface area contributed by atoms with Crippen molar-refractivity contribution >= 4 is 19.8 Å². The lowest BCUT2D eigenvalue weighted by Gasteiger charge is -2.18. The number of rotatable bonds is 32. The first-order valence-electron chi connectivity index (χ1n) is 17.6. The fourth-order valence-electron chi connectivity index (χ4n) is 4.76. The van der Waals surface area contributed by atoms with E-state index in [-0.39, 0.29) is 19.4 Å². The number of ether oxygens (including phenoxy) is 2. The van der Waals surface area contributed by atoms with E-state index in [0.29, 0.717) is 12.8 Å². The van der Waals surface area contributed by atoms with Crippen LogP contribution in [0.1, 0.15) is 168 Å². The zero-order chi connectivity index (χ0) is 32.6. The van der Waals surface area contributed by atoms with Gasteiger partial charge in [-0.3, -0.25) is 14.1 Å². The summed E-state index contributed by atoms with van der Waals surface area (Å²) in [6.45, 7) is 3.60. The molecule has 0 bridgehead atoms. The zero-order valence-corrected chi connectivity index (χ0v) is 29.0. The van der Waals surface area contributed by atoms with Crippen LogP contribution in [0.25, 0.3) is 0 Å². The highest BCUT2D eigenvalue weighted by Gasteiger charge is 2.22. The molecule has 9 heteroatoms. The van der Waals surface area contributed by atoms with Crippen molar-refractivity contribution in [3.8, 4) is 0 Å². The van der Waals surface area contributed by atoms with E-state index >= 15 is 0 Å². The van der Waals surface area contributed by atoms with Crippen molar-refractivity contribution in [3.63, 3.8) is 0 Å². The lowest BCUT2D eigenvalue weighted by Crippen LogP contribution is -2.29. The summed E-state index contributed by atoms with van der Waals surface area (Å²) in [5.41, 5.74) is 0. The van der Waals surface area contributed by atoms with Gasteiger partial charge in [0.25, 0.3) is 0 Å². The SMILES string of the molecule is CCCC/C=C/CCCCCCCC(=O)OC[C@H](COP(=O)(O)O)OC(=O)CCCC/C=C/CCCCCCCCCCC. The molecule has 0 aromatic heterocycles. The monoisotopic (exact) mass is 644 g/mol. The van der Waals surface area contributed by atoms with Gasteiger partial charge in [-0.15, -0.1) is 0 Å². The number of carbonyl (C=O) groups is 2. The standard InChI is InChI=1S/C35H65O8P/c1-3-5-7-9-11-13-15-16-17-18-20-22-24-26-28-30-35(37)43-33(32-42-44(38,39)40)31-41-34(36)29-27-25-23-21-19-14-12-10-8-6-4-2/h10,12,20,22,33H,3-9,11,13-19,21,23-32H2,1-2H3,(H2,38,39,40)/b12-10+,22-20+/t33-/m1/s1. The minimum Gasteiger partial charge on any atom is -0.462 e. The summed E-state index contributed by atoms with van der Waals surface area (Å²) in [5.74, 6) is -0.922. The fourth-order valence-corrected chi connectivity index (χ4v) is 5.12. The third kappa shape index (κ3) is 33.4. The van der Waals surface area contributed by atoms with Crippen LogP contribution in [0.5, 0.6) is 0 Å². The molecule has 0 radical (unpaired) electrons. The van der Waals surface area contributed by atoms with Crippen LogP contribution in [0.4, 0.5) is 0 Å². The molecule has 0 rings (SSSR count). The summed E-state index contributed by atoms with van der Waals surface area (Å²) in [7, 11) is -4.75.